The fourth-order valence-corrected chi connectivity index (χ4v) is 0.496. The van der Waals surface area contributed by atoms with E-state index in [0.29, 0.717) is 6.67 Å². The molecule has 0 radical (unpaired) electrons. The number of nitrogens with zero attached hydrogens (tertiary/aromatic N) is 1. The van der Waals surface area contributed by atoms with Crippen molar-refractivity contribution in [2.45, 2.75) is 0 Å². The van der Waals surface area contributed by atoms with E-state index in [4.69, 9.17) is 4.74 Å². The molecule has 1 rings (SSSR count). The molecule has 1 aliphatic heterocycles. The molecule has 44 valence electrons. The summed E-state index contributed by atoms with van der Waals surface area (Å²) >= 11 is 0. The summed E-state index contributed by atoms with van der Waals surface area (Å²) in [7, 11) is 1.62. The highest BCUT2D eigenvalue weighted by atomic mass is 16.5. The topological polar surface area (TPSA) is 33.6 Å². The van der Waals surface area contributed by atoms with Crippen molar-refractivity contribution in [1.82, 2.24) is 5.32 Å². The summed E-state index contributed by atoms with van der Waals surface area (Å²) in [4.78, 5) is 3.88. The summed E-state index contributed by atoms with van der Waals surface area (Å²) in [5.41, 5.74) is 0. The molecule has 1 aliphatic rings. The molecule has 0 aliphatic carbocycles. The summed E-state index contributed by atoms with van der Waals surface area (Å²) in [6.07, 6.45) is 3.50. The van der Waals surface area contributed by atoms with Crippen molar-refractivity contribution in [3.63, 3.8) is 0 Å². The van der Waals surface area contributed by atoms with Crippen LogP contribution in [0.4, 0.5) is 0 Å². The maximum Gasteiger partial charge on any atom is 0.189 e. The summed E-state index contributed by atoms with van der Waals surface area (Å²) in [5.74, 6) is 0.778. The molecule has 0 saturated heterocycles. The van der Waals surface area contributed by atoms with Gasteiger partial charge in [0.2, 0.25) is 0 Å². The number of methoxy groups -OCH3 is 1. The highest BCUT2D eigenvalue weighted by Crippen LogP contribution is 1.90. The van der Waals surface area contributed by atoms with Gasteiger partial charge in [-0.3, -0.25) is 4.99 Å². The minimum absolute atomic E-state index is 0.625. The Morgan fingerprint density at radius 3 is 3.12 bits per heavy atom. The van der Waals surface area contributed by atoms with Gasteiger partial charge in [-0.2, -0.15) is 0 Å². The summed E-state index contributed by atoms with van der Waals surface area (Å²) < 4.78 is 4.85. The van der Waals surface area contributed by atoms with Gasteiger partial charge in [-0.15, -0.1) is 0 Å². The van der Waals surface area contributed by atoms with Crippen LogP contribution in [0.5, 0.6) is 0 Å². The van der Waals surface area contributed by atoms with E-state index in [9.17, 15) is 0 Å². The molecule has 0 aromatic heterocycles. The van der Waals surface area contributed by atoms with Gasteiger partial charge in [0, 0.05) is 12.3 Å². The Hall–Kier alpha value is -0.990. The summed E-state index contributed by atoms with van der Waals surface area (Å²) in [5, 5.41) is 2.91. The smallest absolute Gasteiger partial charge is 0.189 e. The van der Waals surface area contributed by atoms with Crippen LogP contribution in [0.1, 0.15) is 0 Å². The van der Waals surface area contributed by atoms with E-state index >= 15 is 0 Å². The second-order valence-corrected chi connectivity index (χ2v) is 1.40. The fourth-order valence-electron chi connectivity index (χ4n) is 0.496. The maximum atomic E-state index is 4.85. The Kier molecular flexibility index (Phi) is 1.51. The van der Waals surface area contributed by atoms with E-state index in [1.165, 1.54) is 0 Å². The molecule has 0 amide bonds. The lowest BCUT2D eigenvalue weighted by Crippen LogP contribution is -2.17. The van der Waals surface area contributed by atoms with Crippen LogP contribution in [-0.2, 0) is 4.74 Å². The largest absolute Gasteiger partial charge is 0.482 e. The van der Waals surface area contributed by atoms with E-state index in [-0.39, 0.29) is 0 Å². The van der Waals surface area contributed by atoms with Crippen molar-refractivity contribution in [2.24, 2.45) is 4.99 Å². The van der Waals surface area contributed by atoms with Gasteiger partial charge < -0.3 is 10.1 Å². The second kappa shape index (κ2) is 2.35. The standard InChI is InChI=1S/C5H8N2O/c1-8-5-2-3-6-4-7-5/h2-3,7H,4H2,1H3. The molecule has 1 N–H and O–H groups in total. The van der Waals surface area contributed by atoms with Crippen molar-refractivity contribution >= 4 is 6.21 Å². The SMILES string of the molecule is COC1=CC=NCN1. The van der Waals surface area contributed by atoms with Crippen LogP contribution in [0.15, 0.2) is 17.0 Å². The van der Waals surface area contributed by atoms with E-state index in [1.807, 2.05) is 0 Å². The number of hydrogen-bond donors (Lipinski definition) is 1. The Balaban J connectivity index is 2.50. The fraction of sp³-hybridized carbons (Fsp3) is 0.400. The predicted octanol–water partition coefficient (Wildman–Crippen LogP) is 0.106. The molecule has 0 bridgehead atoms. The Morgan fingerprint density at radius 1 is 1.88 bits per heavy atom. The summed E-state index contributed by atoms with van der Waals surface area (Å²) in [6.45, 7) is 0.625. The highest BCUT2D eigenvalue weighted by molar-refractivity contribution is 5.72. The molecule has 8 heavy (non-hydrogen) atoms. The van der Waals surface area contributed by atoms with E-state index in [2.05, 4.69) is 10.3 Å². The van der Waals surface area contributed by atoms with E-state index < -0.39 is 0 Å². The van der Waals surface area contributed by atoms with Crippen molar-refractivity contribution in [2.75, 3.05) is 13.8 Å². The molecule has 0 saturated carbocycles. The first-order chi connectivity index (χ1) is 3.93. The van der Waals surface area contributed by atoms with E-state index in [0.717, 1.165) is 5.88 Å². The van der Waals surface area contributed by atoms with Crippen LogP contribution in [0, 0.1) is 0 Å². The van der Waals surface area contributed by atoms with Gasteiger partial charge >= 0.3 is 0 Å². The minimum atomic E-state index is 0.625. The first-order valence-electron chi connectivity index (χ1n) is 2.41. The third-order valence-corrected chi connectivity index (χ3v) is 0.896. The number of allylic oxidation sites excluding steroid dienone is 1. The molecule has 1 heterocycles. The van der Waals surface area contributed by atoms with Gasteiger partial charge in [0.1, 0.15) is 6.67 Å². The monoisotopic (exact) mass is 112 g/mol. The molecule has 0 aromatic carbocycles. The normalized spacial score (nSPS) is 16.9. The Labute approximate surface area is 48.1 Å². The highest BCUT2D eigenvalue weighted by Gasteiger charge is 1.92. The van der Waals surface area contributed by atoms with Crippen LogP contribution in [-0.4, -0.2) is 20.0 Å². The zero-order chi connectivity index (χ0) is 5.82. The first-order valence-corrected chi connectivity index (χ1v) is 2.41. The minimum Gasteiger partial charge on any atom is -0.482 e. The zero-order valence-electron chi connectivity index (χ0n) is 4.72. The second-order valence-electron chi connectivity index (χ2n) is 1.40. The number of rotatable bonds is 1. The molecule has 0 atom stereocenters. The first kappa shape index (κ1) is 5.15. The van der Waals surface area contributed by atoms with Gasteiger partial charge in [0.15, 0.2) is 5.88 Å². The molecule has 3 heteroatoms. The average molecular weight is 112 g/mol. The molecule has 3 nitrogen and oxygen atoms in total. The van der Waals surface area contributed by atoms with Crippen molar-refractivity contribution in [1.29, 1.82) is 0 Å². The van der Waals surface area contributed by atoms with Gasteiger partial charge in [-0.05, 0) is 0 Å². The van der Waals surface area contributed by atoms with Gasteiger partial charge in [-0.1, -0.05) is 0 Å². The quantitative estimate of drug-likeness (QED) is 0.522. The zero-order valence-corrected chi connectivity index (χ0v) is 4.72. The molecule has 0 spiro atoms. The molecular weight excluding hydrogens is 104 g/mol. The Morgan fingerprint density at radius 2 is 2.75 bits per heavy atom. The van der Waals surface area contributed by atoms with Crippen LogP contribution >= 0.6 is 0 Å². The van der Waals surface area contributed by atoms with Crippen LogP contribution in [0.3, 0.4) is 0 Å². The van der Waals surface area contributed by atoms with Crippen molar-refractivity contribution in [3.05, 3.63) is 12.0 Å². The third kappa shape index (κ3) is 0.992. The number of hydrogen-bond acceptors (Lipinski definition) is 3. The third-order valence-electron chi connectivity index (χ3n) is 0.896. The van der Waals surface area contributed by atoms with Crippen LogP contribution < -0.4 is 5.32 Å². The summed E-state index contributed by atoms with van der Waals surface area (Å²) in [6, 6.07) is 0. The lowest BCUT2D eigenvalue weighted by molar-refractivity contribution is 0.262. The van der Waals surface area contributed by atoms with Crippen molar-refractivity contribution in [3.8, 4) is 0 Å². The van der Waals surface area contributed by atoms with Crippen LogP contribution in [0.25, 0.3) is 0 Å². The number of aliphatic imine (C=N–C) groups is 1. The predicted molar refractivity (Wildman–Crippen MR) is 31.6 cm³/mol. The number of nitrogens with one attached hydrogen (secondary N) is 1. The molecular formula is C5H8N2O. The molecule has 0 fully saturated rings. The Bertz CT molecular complexity index is 128. The van der Waals surface area contributed by atoms with Gasteiger partial charge in [0.25, 0.3) is 0 Å². The van der Waals surface area contributed by atoms with Crippen molar-refractivity contribution < 1.29 is 4.74 Å². The lowest BCUT2D eigenvalue weighted by Gasteiger charge is -2.07. The van der Waals surface area contributed by atoms with Gasteiger partial charge in [-0.25, -0.2) is 0 Å². The van der Waals surface area contributed by atoms with E-state index in [1.54, 1.807) is 19.4 Å². The molecule has 0 unspecified atom stereocenters. The maximum absolute atomic E-state index is 4.85. The molecule has 0 aromatic rings. The van der Waals surface area contributed by atoms with Gasteiger partial charge in [0.05, 0.1) is 7.11 Å². The number of ether oxygens (including phenoxy) is 1. The van der Waals surface area contributed by atoms with Crippen LogP contribution in [0.2, 0.25) is 0 Å². The average Bonchev–Trinajstić information content (AvgIpc) is 1.90. The lowest BCUT2D eigenvalue weighted by atomic mass is 10.6.